The highest BCUT2D eigenvalue weighted by molar-refractivity contribution is 7.90. The second-order valence-electron chi connectivity index (χ2n) is 34.6. The highest BCUT2D eigenvalue weighted by Crippen LogP contribution is 2.43. The molecule has 3 amide bonds. The van der Waals surface area contributed by atoms with Gasteiger partial charge in [0, 0.05) is 205 Å². The molecule has 1 aromatic heterocycles. The molecule has 7 heterocycles. The molecular formula is C93H126Cl6N18O18S3. The zero-order valence-electron chi connectivity index (χ0n) is 78.2. The van der Waals surface area contributed by atoms with E-state index in [9.17, 15) is 39.6 Å². The number of halogens is 6. The van der Waals surface area contributed by atoms with Gasteiger partial charge in [0.1, 0.15) is 0 Å². The minimum absolute atomic E-state index is 0.0716. The maximum Gasteiger partial charge on any atom is 0.240 e. The summed E-state index contributed by atoms with van der Waals surface area (Å²) in [6.07, 6.45) is 0. The zero-order chi connectivity index (χ0) is 97.6. The van der Waals surface area contributed by atoms with E-state index in [1.165, 1.54) is 0 Å². The van der Waals surface area contributed by atoms with Crippen molar-refractivity contribution >= 4 is 135 Å². The number of ether oxygens (including phenoxy) is 9. The number of nitrogens with one attached hydrogen (secondary N) is 6. The first-order valence-electron chi connectivity index (χ1n) is 46.5. The number of hydrogen-bond acceptors (Lipinski definition) is 30. The fraction of sp³-hybridized carbons (Fsp3) is 0.548. The predicted molar refractivity (Wildman–Crippen MR) is 531 cm³/mol. The van der Waals surface area contributed by atoms with Crippen LogP contribution in [0, 0.1) is 0 Å². The summed E-state index contributed by atoms with van der Waals surface area (Å²) in [5.41, 5.74) is 8.45. The maximum absolute atomic E-state index is 13.4. The van der Waals surface area contributed by atoms with E-state index in [4.69, 9.17) is 127 Å². The fourth-order valence-electron chi connectivity index (χ4n) is 17.4. The van der Waals surface area contributed by atoms with Crippen molar-refractivity contribution < 1.29 is 82.3 Å². The molecule has 3 atom stereocenters. The third-order valence-electron chi connectivity index (χ3n) is 24.4. The largest absolute Gasteiger partial charge is 0.378 e. The summed E-state index contributed by atoms with van der Waals surface area (Å²) in [7, 11) is -5.48. The van der Waals surface area contributed by atoms with Gasteiger partial charge in [0.25, 0.3) is 0 Å². The highest BCUT2D eigenvalue weighted by Gasteiger charge is 2.35. The number of rotatable bonds is 54. The van der Waals surface area contributed by atoms with Gasteiger partial charge >= 0.3 is 0 Å². The van der Waals surface area contributed by atoms with Crippen molar-refractivity contribution in [3.8, 4) is 0 Å². The van der Waals surface area contributed by atoms with E-state index in [2.05, 4.69) is 74.2 Å². The number of fused-ring (bicyclic) bond motifs is 3. The van der Waals surface area contributed by atoms with E-state index >= 15 is 0 Å². The topological polar surface area (TPSA) is 377 Å². The van der Waals surface area contributed by atoms with Crippen molar-refractivity contribution in [2.75, 3.05) is 312 Å². The van der Waals surface area contributed by atoms with Gasteiger partial charge in [-0.25, -0.2) is 39.4 Å². The summed E-state index contributed by atoms with van der Waals surface area (Å²) in [6.45, 7) is 17.3. The van der Waals surface area contributed by atoms with Crippen LogP contribution in [0.5, 0.6) is 0 Å². The first-order valence-corrected chi connectivity index (χ1v) is 53.3. The molecule has 13 rings (SSSR count). The number of hydrogen-bond donors (Lipinski definition) is 6. The van der Waals surface area contributed by atoms with Crippen molar-refractivity contribution in [2.24, 2.45) is 0 Å². The quantitative estimate of drug-likeness (QED) is 0.0227. The average molecular weight is 2090 g/mol. The number of anilines is 3. The van der Waals surface area contributed by atoms with Crippen LogP contribution in [0.1, 0.15) is 67.8 Å². The summed E-state index contributed by atoms with van der Waals surface area (Å²) in [4.78, 5) is 74.4. The van der Waals surface area contributed by atoms with Crippen LogP contribution in [0.3, 0.4) is 0 Å². The number of likely N-dealkylation sites (N-methyl/N-ethyl adjacent to an activating group) is 3. The Balaban J connectivity index is 0.485. The van der Waals surface area contributed by atoms with Gasteiger partial charge in [0.15, 0.2) is 0 Å². The van der Waals surface area contributed by atoms with Gasteiger partial charge in [0.2, 0.25) is 65.6 Å². The molecule has 138 heavy (non-hydrogen) atoms. The molecule has 3 saturated heterocycles. The van der Waals surface area contributed by atoms with Crippen molar-refractivity contribution in [1.29, 1.82) is 0 Å². The van der Waals surface area contributed by atoms with Crippen LogP contribution < -0.4 is 44.8 Å². The maximum atomic E-state index is 13.4. The van der Waals surface area contributed by atoms with Crippen LogP contribution in [0.2, 0.25) is 30.1 Å². The number of aromatic nitrogens is 3. The molecule has 0 saturated carbocycles. The molecule has 0 aliphatic carbocycles. The number of amides is 3. The third kappa shape index (κ3) is 32.8. The molecule has 0 radical (unpaired) electrons. The Labute approximate surface area is 839 Å². The number of benzene rings is 6. The molecular weight excluding hydrogens is 1970 g/mol. The summed E-state index contributed by atoms with van der Waals surface area (Å²) >= 11 is 38.9. The van der Waals surface area contributed by atoms with Crippen LogP contribution in [0.4, 0.5) is 17.8 Å². The van der Waals surface area contributed by atoms with Crippen molar-refractivity contribution in [3.05, 3.63) is 189 Å². The van der Waals surface area contributed by atoms with Crippen LogP contribution in [-0.4, -0.2) is 384 Å². The van der Waals surface area contributed by atoms with Crippen LogP contribution >= 0.6 is 69.6 Å². The zero-order valence-corrected chi connectivity index (χ0v) is 85.1. The first-order chi connectivity index (χ1) is 66.6. The monoisotopic (exact) mass is 2090 g/mol. The summed E-state index contributed by atoms with van der Waals surface area (Å²) in [6, 6.07) is 31.7. The van der Waals surface area contributed by atoms with Crippen molar-refractivity contribution in [1.82, 2.24) is 74.5 Å². The Bertz CT molecular complexity index is 4990. The van der Waals surface area contributed by atoms with Gasteiger partial charge in [-0.3, -0.25) is 29.1 Å². The minimum atomic E-state index is -3.83. The Hall–Kier alpha value is -6.99. The highest BCUT2D eigenvalue weighted by atomic mass is 35.5. The SMILES string of the molecule is CN1Cc2c(Cl)cc(Cl)cc2[C@H](c2cccc(S(=O)(=O)NCCOCCOCCOCCNC(=O)CN3CCN(c4nc(N5CCN(CC(=O)NCCOCCOCCOCCNS(=O)(=O)c6cccc([C@@H]7CN(C)Cc8c(Cl)cc(Cl)cc87)c6)CC5)nc(N5CCN(CC(=O)NCCOCCOCCOCCNS(=O)(=O)c6cccc([C@@H]7CN(C)Cc8c(Cl)cc(Cl)cc87)c6)CC5)n4)CC3)c2)C1. The molecule has 0 unspecified atom stereocenters. The molecule has 6 aliphatic rings. The molecule has 45 heteroatoms. The van der Waals surface area contributed by atoms with Crippen molar-refractivity contribution in [2.45, 2.75) is 52.1 Å². The lowest BCUT2D eigenvalue weighted by Crippen LogP contribution is -2.52. The van der Waals surface area contributed by atoms with Crippen LogP contribution in [0.15, 0.2) is 124 Å². The number of carbonyl (C=O) groups is 3. The fourth-order valence-corrected chi connectivity index (χ4v) is 22.3. The van der Waals surface area contributed by atoms with E-state index in [0.717, 1.165) is 50.1 Å². The third-order valence-corrected chi connectivity index (χ3v) is 30.5. The number of carbonyl (C=O) groups excluding carboxylic acids is 3. The number of nitrogens with zero attached hydrogens (tertiary/aromatic N) is 12. The van der Waals surface area contributed by atoms with Crippen molar-refractivity contribution in [3.63, 3.8) is 0 Å². The average Bonchev–Trinajstić information content (AvgIpc) is 0.780. The van der Waals surface area contributed by atoms with Crippen LogP contribution in [0.25, 0.3) is 0 Å². The molecule has 756 valence electrons. The lowest BCUT2D eigenvalue weighted by Gasteiger charge is -2.38. The van der Waals surface area contributed by atoms with E-state index in [-0.39, 0.29) is 169 Å². The smallest absolute Gasteiger partial charge is 0.240 e. The molecule has 3 fully saturated rings. The van der Waals surface area contributed by atoms with E-state index < -0.39 is 30.1 Å². The van der Waals surface area contributed by atoms with Gasteiger partial charge in [-0.1, -0.05) is 106 Å². The van der Waals surface area contributed by atoms with Gasteiger partial charge in [0.05, 0.1) is 153 Å². The molecule has 0 bridgehead atoms. The molecule has 6 aliphatic heterocycles. The minimum Gasteiger partial charge on any atom is -0.378 e. The van der Waals surface area contributed by atoms with E-state index in [1.54, 1.807) is 72.8 Å². The summed E-state index contributed by atoms with van der Waals surface area (Å²) in [5.74, 6) is 0.816. The normalized spacial score (nSPS) is 17.9. The lowest BCUT2D eigenvalue weighted by atomic mass is 9.85. The Morgan fingerprint density at radius 1 is 0.319 bits per heavy atom. The van der Waals surface area contributed by atoms with Gasteiger partial charge in [-0.2, -0.15) is 15.0 Å². The number of sulfonamides is 3. The lowest BCUT2D eigenvalue weighted by molar-refractivity contribution is -0.123. The van der Waals surface area contributed by atoms with Gasteiger partial charge < -0.3 is 88.0 Å². The van der Waals surface area contributed by atoms with Gasteiger partial charge in [-0.05, 0) is 144 Å². The molecule has 36 nitrogen and oxygen atoms in total. The molecule has 6 N–H and O–H groups in total. The van der Waals surface area contributed by atoms with Gasteiger partial charge in [-0.15, -0.1) is 0 Å². The Morgan fingerprint density at radius 2 is 0.551 bits per heavy atom. The van der Waals surface area contributed by atoms with E-state index in [1.807, 2.05) is 57.5 Å². The predicted octanol–water partition coefficient (Wildman–Crippen LogP) is 6.32. The Kier molecular flexibility index (Phi) is 42.4. The second-order valence-corrected chi connectivity index (χ2v) is 42.4. The summed E-state index contributed by atoms with van der Waals surface area (Å²) in [5, 5.41) is 12.2. The second kappa shape index (κ2) is 54.1. The number of piperazine rings is 3. The van der Waals surface area contributed by atoms with E-state index in [0.29, 0.717) is 225 Å². The molecule has 0 spiro atoms. The molecule has 7 aromatic rings. The van der Waals surface area contributed by atoms with Crippen LogP contribution in [-0.2, 0) is 107 Å². The standard InChI is InChI=1S/C93H126Cl6N18O18S3/c1-109-58-79(76-52-70(94)55-85(97)82(76)61-109)67-7-4-10-73(49-67)136(121,122)103-16-34-130-40-46-133-43-37-127-31-13-100-88(118)64-112-19-25-115(26-20-112)91-106-92(116-27-21-113(22-28-116)65-89(119)101-14-32-128-38-44-134-47-41-131-35-17-104-137(123,124)74-11-5-8-68(50-74)80-59-110(2)62-83-77(80)53-71(95)56-86(83)98)108-93(107-91)117-29-23-114(24-30-117)66-90(120)102-15-33-129-39-45-135-48-42-132-36-18-105-138(125,126)75-12-6-9-69(51-75)81-60-111(3)63-84-78(81)54-72(96)57-87(84)99/h4-12,49-57,79-81,103-105H,13-48,58-66H2,1-3H3,(H,100,118)(H,101,119)(H,102,120)/t79-,80-,81-/m0/s1. The summed E-state index contributed by atoms with van der Waals surface area (Å²) < 4.78 is 139. The first kappa shape index (κ1) is 108. The Morgan fingerprint density at radius 3 is 0.797 bits per heavy atom. The molecule has 6 aromatic carbocycles.